The SMILES string of the molecule is C=C(/C(=C/N(C)C)NC)N(CC/C(F)=C(/F)C(C)F)C1CCC(C)C1. The van der Waals surface area contributed by atoms with Crippen LogP contribution in [0.4, 0.5) is 13.2 Å². The Hall–Kier alpha value is -1.59. The van der Waals surface area contributed by atoms with Crippen molar-refractivity contribution in [1.82, 2.24) is 15.1 Å². The van der Waals surface area contributed by atoms with Gasteiger partial charge in [0.1, 0.15) is 5.83 Å². The molecular weight excluding hydrogens is 327 g/mol. The third-order valence-corrected chi connectivity index (χ3v) is 4.60. The largest absolute Gasteiger partial charge is 0.385 e. The summed E-state index contributed by atoms with van der Waals surface area (Å²) in [6.45, 7) is 7.64. The van der Waals surface area contributed by atoms with Gasteiger partial charge in [-0.25, -0.2) is 13.2 Å². The fourth-order valence-electron chi connectivity index (χ4n) is 3.25. The fourth-order valence-corrected chi connectivity index (χ4v) is 3.25. The maximum absolute atomic E-state index is 13.9. The Morgan fingerprint density at radius 2 is 1.96 bits per heavy atom. The number of likely N-dealkylation sites (N-methyl/N-ethyl adjacent to an activating group) is 1. The van der Waals surface area contributed by atoms with E-state index in [0.717, 1.165) is 37.6 Å². The second-order valence-corrected chi connectivity index (χ2v) is 7.09. The smallest absolute Gasteiger partial charge is 0.165 e. The standard InChI is InChI=1S/C19H32F3N3/c1-13-7-8-16(11-13)25(10-9-17(21)19(22)14(2)20)15(3)18(23-4)12-24(5)6/h12-14,16,23H,3,7-11H2,1-2,4-6H3/b18-12-,19-17-. The summed E-state index contributed by atoms with van der Waals surface area (Å²) in [4.78, 5) is 3.93. The van der Waals surface area contributed by atoms with Crippen LogP contribution in [0, 0.1) is 5.92 Å². The molecule has 0 aromatic carbocycles. The Morgan fingerprint density at radius 3 is 2.40 bits per heavy atom. The Balaban J connectivity index is 2.97. The lowest BCUT2D eigenvalue weighted by Crippen LogP contribution is -2.36. The van der Waals surface area contributed by atoms with E-state index in [4.69, 9.17) is 0 Å². The molecule has 6 heteroatoms. The molecule has 3 unspecified atom stereocenters. The summed E-state index contributed by atoms with van der Waals surface area (Å²) in [5.41, 5.74) is 1.57. The maximum Gasteiger partial charge on any atom is 0.165 e. The van der Waals surface area contributed by atoms with E-state index in [1.54, 1.807) is 7.05 Å². The van der Waals surface area contributed by atoms with Crippen molar-refractivity contribution in [2.45, 2.75) is 51.7 Å². The van der Waals surface area contributed by atoms with Gasteiger partial charge in [-0.15, -0.1) is 0 Å². The number of nitrogens with zero attached hydrogens (tertiary/aromatic N) is 2. The van der Waals surface area contributed by atoms with Crippen LogP contribution in [-0.4, -0.2) is 49.7 Å². The molecule has 0 spiro atoms. The zero-order chi connectivity index (χ0) is 19.1. The molecule has 0 radical (unpaired) electrons. The van der Waals surface area contributed by atoms with Gasteiger partial charge < -0.3 is 15.1 Å². The number of hydrogen-bond donors (Lipinski definition) is 1. The highest BCUT2D eigenvalue weighted by atomic mass is 19.2. The van der Waals surface area contributed by atoms with Gasteiger partial charge in [-0.3, -0.25) is 0 Å². The molecule has 0 saturated heterocycles. The average Bonchev–Trinajstić information content (AvgIpc) is 2.97. The van der Waals surface area contributed by atoms with Crippen molar-refractivity contribution < 1.29 is 13.2 Å². The molecule has 1 rings (SSSR count). The fraction of sp³-hybridized carbons (Fsp3) is 0.684. The molecule has 0 amide bonds. The Kier molecular flexibility index (Phi) is 8.39. The van der Waals surface area contributed by atoms with Gasteiger partial charge >= 0.3 is 0 Å². The number of halogens is 3. The molecule has 1 N–H and O–H groups in total. The van der Waals surface area contributed by atoms with Gasteiger partial charge in [0.2, 0.25) is 0 Å². The quantitative estimate of drug-likeness (QED) is 0.611. The molecule has 144 valence electrons. The molecule has 0 aromatic heterocycles. The molecule has 1 saturated carbocycles. The van der Waals surface area contributed by atoms with E-state index in [1.165, 1.54) is 0 Å². The normalized spacial score (nSPS) is 23.1. The molecule has 0 bridgehead atoms. The van der Waals surface area contributed by atoms with Crippen LogP contribution in [0.15, 0.2) is 35.8 Å². The summed E-state index contributed by atoms with van der Waals surface area (Å²) < 4.78 is 40.3. The van der Waals surface area contributed by atoms with E-state index in [0.29, 0.717) is 5.92 Å². The summed E-state index contributed by atoms with van der Waals surface area (Å²) in [5.74, 6) is -1.72. The number of rotatable bonds is 9. The van der Waals surface area contributed by atoms with Crippen molar-refractivity contribution in [1.29, 1.82) is 0 Å². The van der Waals surface area contributed by atoms with Crippen molar-refractivity contribution in [3.63, 3.8) is 0 Å². The predicted octanol–water partition coefficient (Wildman–Crippen LogP) is 4.51. The number of alkyl halides is 1. The average molecular weight is 359 g/mol. The summed E-state index contributed by atoms with van der Waals surface area (Å²) in [5, 5.41) is 3.12. The van der Waals surface area contributed by atoms with Gasteiger partial charge in [-0.2, -0.15) is 0 Å². The summed E-state index contributed by atoms with van der Waals surface area (Å²) >= 11 is 0. The molecule has 0 aliphatic heterocycles. The molecule has 1 aliphatic carbocycles. The van der Waals surface area contributed by atoms with E-state index in [2.05, 4.69) is 18.8 Å². The van der Waals surface area contributed by atoms with Crippen LogP contribution in [0.2, 0.25) is 0 Å². The van der Waals surface area contributed by atoms with E-state index in [-0.39, 0.29) is 19.0 Å². The lowest BCUT2D eigenvalue weighted by molar-refractivity contribution is 0.246. The van der Waals surface area contributed by atoms with Crippen LogP contribution in [0.3, 0.4) is 0 Å². The Bertz CT molecular complexity index is 512. The van der Waals surface area contributed by atoms with Crippen LogP contribution in [-0.2, 0) is 0 Å². The maximum atomic E-state index is 13.9. The summed E-state index contributed by atoms with van der Waals surface area (Å²) in [6.07, 6.45) is 2.92. The molecule has 25 heavy (non-hydrogen) atoms. The van der Waals surface area contributed by atoms with Crippen LogP contribution in [0.25, 0.3) is 0 Å². The van der Waals surface area contributed by atoms with Crippen LogP contribution in [0.5, 0.6) is 0 Å². The van der Waals surface area contributed by atoms with Crippen LogP contribution >= 0.6 is 0 Å². The topological polar surface area (TPSA) is 18.5 Å². The molecule has 0 aromatic rings. The molecule has 3 nitrogen and oxygen atoms in total. The zero-order valence-corrected chi connectivity index (χ0v) is 16.1. The van der Waals surface area contributed by atoms with Crippen LogP contribution < -0.4 is 5.32 Å². The second kappa shape index (κ2) is 9.78. The molecule has 0 heterocycles. The van der Waals surface area contributed by atoms with Crippen LogP contribution in [0.1, 0.15) is 39.5 Å². The first-order valence-corrected chi connectivity index (χ1v) is 8.87. The first kappa shape index (κ1) is 21.5. The monoisotopic (exact) mass is 359 g/mol. The van der Waals surface area contributed by atoms with Gasteiger partial charge in [-0.1, -0.05) is 13.5 Å². The summed E-state index contributed by atoms with van der Waals surface area (Å²) in [7, 11) is 5.63. The van der Waals surface area contributed by atoms with Crippen molar-refractivity contribution >= 4 is 0 Å². The van der Waals surface area contributed by atoms with E-state index >= 15 is 0 Å². The van der Waals surface area contributed by atoms with E-state index < -0.39 is 17.8 Å². The third-order valence-electron chi connectivity index (χ3n) is 4.60. The molecule has 3 atom stereocenters. The van der Waals surface area contributed by atoms with Crippen molar-refractivity contribution in [2.24, 2.45) is 5.92 Å². The number of allylic oxidation sites excluding steroid dienone is 1. The zero-order valence-electron chi connectivity index (χ0n) is 16.1. The Morgan fingerprint density at radius 1 is 1.32 bits per heavy atom. The first-order chi connectivity index (χ1) is 11.7. The van der Waals surface area contributed by atoms with Gasteiger partial charge in [-0.05, 0) is 32.1 Å². The van der Waals surface area contributed by atoms with Gasteiger partial charge in [0.25, 0.3) is 0 Å². The van der Waals surface area contributed by atoms with Gasteiger partial charge in [0, 0.05) is 46.4 Å². The van der Waals surface area contributed by atoms with E-state index in [9.17, 15) is 13.2 Å². The van der Waals surface area contributed by atoms with Crippen molar-refractivity contribution in [3.8, 4) is 0 Å². The molecular formula is C19H32F3N3. The number of hydrogen-bond acceptors (Lipinski definition) is 3. The van der Waals surface area contributed by atoms with E-state index in [1.807, 2.05) is 30.1 Å². The molecule has 1 fully saturated rings. The molecule has 1 aliphatic rings. The lowest BCUT2D eigenvalue weighted by Gasteiger charge is -2.34. The minimum atomic E-state index is -1.91. The Labute approximate surface area is 150 Å². The second-order valence-electron chi connectivity index (χ2n) is 7.09. The minimum absolute atomic E-state index is 0.164. The predicted molar refractivity (Wildman–Crippen MR) is 97.9 cm³/mol. The third kappa shape index (κ3) is 6.33. The van der Waals surface area contributed by atoms with Crippen molar-refractivity contribution in [2.75, 3.05) is 27.7 Å². The highest BCUT2D eigenvalue weighted by molar-refractivity contribution is 5.26. The minimum Gasteiger partial charge on any atom is -0.385 e. The highest BCUT2D eigenvalue weighted by Gasteiger charge is 2.29. The highest BCUT2D eigenvalue weighted by Crippen LogP contribution is 2.32. The summed E-state index contributed by atoms with van der Waals surface area (Å²) in [6, 6.07) is 0.236. The first-order valence-electron chi connectivity index (χ1n) is 8.87. The number of nitrogens with one attached hydrogen (secondary N) is 1. The van der Waals surface area contributed by atoms with Gasteiger partial charge in [0.15, 0.2) is 12.0 Å². The van der Waals surface area contributed by atoms with Crippen molar-refractivity contribution in [3.05, 3.63) is 35.8 Å². The van der Waals surface area contributed by atoms with Gasteiger partial charge in [0.05, 0.1) is 11.4 Å². The lowest BCUT2D eigenvalue weighted by atomic mass is 10.1.